The fourth-order valence-corrected chi connectivity index (χ4v) is 4.64. The molecule has 1 fully saturated rings. The molecule has 150 valence electrons. The van der Waals surface area contributed by atoms with Crippen LogP contribution < -0.4 is 10.6 Å². The Labute approximate surface area is 175 Å². The third kappa shape index (κ3) is 5.35. The van der Waals surface area contributed by atoms with Crippen LogP contribution >= 0.6 is 0 Å². The first-order valence-corrected chi connectivity index (χ1v) is 11.0. The first-order chi connectivity index (χ1) is 14.4. The highest BCUT2D eigenvalue weighted by Gasteiger charge is 2.25. The highest BCUT2D eigenvalue weighted by Crippen LogP contribution is 2.29. The fraction of sp³-hybridized carbons (Fsp3) is 0.333. The van der Waals surface area contributed by atoms with Gasteiger partial charge >= 0.3 is 0 Å². The number of rotatable bonds is 8. The molecule has 0 bridgehead atoms. The van der Waals surface area contributed by atoms with Gasteiger partial charge in [-0.2, -0.15) is 0 Å². The quantitative estimate of drug-likeness (QED) is 0.513. The molecule has 0 aromatic heterocycles. The van der Waals surface area contributed by atoms with E-state index in [4.69, 9.17) is 0 Å². The molecule has 0 amide bonds. The zero-order chi connectivity index (χ0) is 19.7. The third-order valence-corrected chi connectivity index (χ3v) is 6.19. The van der Waals surface area contributed by atoms with Gasteiger partial charge in [-0.05, 0) is 49.0 Å². The molecule has 1 saturated heterocycles. The zero-order valence-corrected chi connectivity index (χ0v) is 17.1. The molecule has 0 spiro atoms. The molecular weight excluding hydrogens is 352 g/mol. The van der Waals surface area contributed by atoms with Crippen molar-refractivity contribution in [3.63, 3.8) is 0 Å². The number of piperidine rings is 1. The van der Waals surface area contributed by atoms with E-state index in [2.05, 4.69) is 102 Å². The monoisotopic (exact) mass is 384 g/mol. The predicted molar refractivity (Wildman–Crippen MR) is 122 cm³/mol. The minimum absolute atomic E-state index is 0.470. The van der Waals surface area contributed by atoms with Crippen molar-refractivity contribution >= 4 is 0 Å². The van der Waals surface area contributed by atoms with E-state index in [1.54, 1.807) is 0 Å². The van der Waals surface area contributed by atoms with E-state index < -0.39 is 0 Å². The summed E-state index contributed by atoms with van der Waals surface area (Å²) in [5, 5.41) is 7.46. The van der Waals surface area contributed by atoms with Gasteiger partial charge in [-0.15, -0.1) is 0 Å². The average Bonchev–Trinajstić information content (AvgIpc) is 2.81. The van der Waals surface area contributed by atoms with Gasteiger partial charge in [-0.1, -0.05) is 91.0 Å². The summed E-state index contributed by atoms with van der Waals surface area (Å²) in [5.74, 6) is 1.03. The van der Waals surface area contributed by atoms with E-state index in [1.807, 2.05) is 0 Å². The maximum absolute atomic E-state index is 3.89. The van der Waals surface area contributed by atoms with Crippen molar-refractivity contribution in [1.29, 1.82) is 0 Å². The van der Waals surface area contributed by atoms with Gasteiger partial charge < -0.3 is 10.6 Å². The molecule has 1 aliphatic rings. The molecule has 3 aromatic rings. The van der Waals surface area contributed by atoms with Crippen LogP contribution in [0.4, 0.5) is 0 Å². The second-order valence-electron chi connectivity index (χ2n) is 8.09. The molecule has 1 aliphatic heterocycles. The molecule has 0 saturated carbocycles. The second-order valence-corrected chi connectivity index (χ2v) is 8.09. The number of benzene rings is 3. The van der Waals surface area contributed by atoms with Gasteiger partial charge in [0.25, 0.3) is 0 Å². The molecule has 0 aliphatic carbocycles. The summed E-state index contributed by atoms with van der Waals surface area (Å²) in [5.41, 5.74) is 4.29. The number of nitrogens with one attached hydrogen (secondary N) is 2. The van der Waals surface area contributed by atoms with Crippen LogP contribution in [0.15, 0.2) is 91.0 Å². The highest BCUT2D eigenvalue weighted by molar-refractivity contribution is 5.32. The Hall–Kier alpha value is -2.42. The Morgan fingerprint density at radius 3 is 2.00 bits per heavy atom. The Kier molecular flexibility index (Phi) is 7.12. The van der Waals surface area contributed by atoms with Crippen LogP contribution in [-0.4, -0.2) is 25.7 Å². The van der Waals surface area contributed by atoms with Crippen LogP contribution in [0.5, 0.6) is 0 Å². The lowest BCUT2D eigenvalue weighted by atomic mass is 9.86. The summed E-state index contributed by atoms with van der Waals surface area (Å²) in [6.07, 6.45) is 3.54. The zero-order valence-electron chi connectivity index (χ0n) is 17.1. The molecule has 2 unspecified atom stereocenters. The molecular formula is C27H32N2. The lowest BCUT2D eigenvalue weighted by Gasteiger charge is -2.33. The van der Waals surface area contributed by atoms with Crippen molar-refractivity contribution in [2.45, 2.75) is 37.1 Å². The second kappa shape index (κ2) is 10.4. The van der Waals surface area contributed by atoms with Crippen molar-refractivity contribution in [3.05, 3.63) is 108 Å². The van der Waals surface area contributed by atoms with Gasteiger partial charge in [0.2, 0.25) is 0 Å². The molecule has 0 radical (unpaired) electrons. The molecule has 3 aromatic carbocycles. The summed E-state index contributed by atoms with van der Waals surface area (Å²) < 4.78 is 0. The summed E-state index contributed by atoms with van der Waals surface area (Å²) in [6.45, 7) is 3.25. The first-order valence-electron chi connectivity index (χ1n) is 11.0. The van der Waals surface area contributed by atoms with Gasteiger partial charge in [0, 0.05) is 24.4 Å². The standard InChI is InChI=1S/C27H32N2/c1-4-11-22(12-5-1)25(23-13-6-2-7-14-23)17-10-19-29-27-18-20-28-21-26(27)24-15-8-3-9-16-24/h1-9,11-16,25-29H,10,17-21H2. The first kappa shape index (κ1) is 19.9. The van der Waals surface area contributed by atoms with Crippen molar-refractivity contribution in [2.75, 3.05) is 19.6 Å². The normalized spacial score (nSPS) is 19.3. The van der Waals surface area contributed by atoms with Gasteiger partial charge in [0.15, 0.2) is 0 Å². The molecule has 1 heterocycles. The Morgan fingerprint density at radius 1 is 0.793 bits per heavy atom. The maximum atomic E-state index is 3.89. The molecule has 2 N–H and O–H groups in total. The van der Waals surface area contributed by atoms with Gasteiger partial charge in [0.1, 0.15) is 0 Å². The summed E-state index contributed by atoms with van der Waals surface area (Å²) in [7, 11) is 0. The molecule has 2 atom stereocenters. The van der Waals surface area contributed by atoms with Gasteiger partial charge in [0.05, 0.1) is 0 Å². The molecule has 29 heavy (non-hydrogen) atoms. The van der Waals surface area contributed by atoms with Crippen LogP contribution in [0.1, 0.15) is 47.8 Å². The minimum Gasteiger partial charge on any atom is -0.316 e. The third-order valence-electron chi connectivity index (χ3n) is 6.19. The van der Waals surface area contributed by atoms with Crippen molar-refractivity contribution in [2.24, 2.45) is 0 Å². The molecule has 2 heteroatoms. The van der Waals surface area contributed by atoms with Crippen molar-refractivity contribution in [3.8, 4) is 0 Å². The maximum Gasteiger partial charge on any atom is 0.0160 e. The van der Waals surface area contributed by atoms with E-state index in [0.29, 0.717) is 17.9 Å². The fourth-order valence-electron chi connectivity index (χ4n) is 4.64. The van der Waals surface area contributed by atoms with Gasteiger partial charge in [-0.3, -0.25) is 0 Å². The van der Waals surface area contributed by atoms with Crippen LogP contribution in [0.25, 0.3) is 0 Å². The van der Waals surface area contributed by atoms with E-state index in [0.717, 1.165) is 19.6 Å². The van der Waals surface area contributed by atoms with Crippen LogP contribution in [0, 0.1) is 0 Å². The summed E-state index contributed by atoms with van der Waals surface area (Å²) in [6, 6.07) is 33.4. The largest absolute Gasteiger partial charge is 0.316 e. The van der Waals surface area contributed by atoms with E-state index >= 15 is 0 Å². The Balaban J connectivity index is 1.36. The van der Waals surface area contributed by atoms with E-state index in [-0.39, 0.29) is 0 Å². The lowest BCUT2D eigenvalue weighted by Crippen LogP contribution is -2.46. The van der Waals surface area contributed by atoms with E-state index in [1.165, 1.54) is 36.0 Å². The number of hydrogen-bond acceptors (Lipinski definition) is 2. The highest BCUT2D eigenvalue weighted by atomic mass is 15.0. The Bertz CT molecular complexity index is 793. The van der Waals surface area contributed by atoms with Crippen molar-refractivity contribution in [1.82, 2.24) is 10.6 Å². The van der Waals surface area contributed by atoms with Crippen LogP contribution in [0.3, 0.4) is 0 Å². The van der Waals surface area contributed by atoms with Crippen LogP contribution in [-0.2, 0) is 0 Å². The van der Waals surface area contributed by atoms with Crippen molar-refractivity contribution < 1.29 is 0 Å². The van der Waals surface area contributed by atoms with Crippen LogP contribution in [0.2, 0.25) is 0 Å². The Morgan fingerprint density at radius 2 is 1.38 bits per heavy atom. The topological polar surface area (TPSA) is 24.1 Å². The number of hydrogen-bond donors (Lipinski definition) is 2. The summed E-state index contributed by atoms with van der Waals surface area (Å²) >= 11 is 0. The smallest absolute Gasteiger partial charge is 0.0160 e. The molecule has 4 rings (SSSR count). The predicted octanol–water partition coefficient (Wildman–Crippen LogP) is 5.33. The van der Waals surface area contributed by atoms with E-state index in [9.17, 15) is 0 Å². The minimum atomic E-state index is 0.470. The summed E-state index contributed by atoms with van der Waals surface area (Å²) in [4.78, 5) is 0. The molecule has 2 nitrogen and oxygen atoms in total. The van der Waals surface area contributed by atoms with Gasteiger partial charge in [-0.25, -0.2) is 0 Å². The lowest BCUT2D eigenvalue weighted by molar-refractivity contribution is 0.340. The SMILES string of the molecule is c1ccc(C(CCCNC2CCNCC2c2ccccc2)c2ccccc2)cc1. The average molecular weight is 385 g/mol.